The van der Waals surface area contributed by atoms with Crippen molar-refractivity contribution in [3.8, 4) is 0 Å². The molecule has 2 atom stereocenters. The van der Waals surface area contributed by atoms with Crippen molar-refractivity contribution in [3.63, 3.8) is 0 Å². The van der Waals surface area contributed by atoms with Crippen molar-refractivity contribution in [1.29, 1.82) is 0 Å². The molecule has 0 radical (unpaired) electrons. The van der Waals surface area contributed by atoms with Crippen molar-refractivity contribution < 1.29 is 14.7 Å². The second kappa shape index (κ2) is 5.19. The smallest absolute Gasteiger partial charge is 0.156 e. The molecule has 0 fully saturated rings. The third-order valence-corrected chi connectivity index (χ3v) is 1.97. The van der Waals surface area contributed by atoms with E-state index in [-0.39, 0.29) is 12.2 Å². The Morgan fingerprint density at radius 3 is 3.08 bits per heavy atom. The van der Waals surface area contributed by atoms with Crippen LogP contribution in [0, 0.1) is 0 Å². The van der Waals surface area contributed by atoms with Crippen molar-refractivity contribution >= 4 is 5.71 Å². The standard InChI is InChI=1S/C9H17NO3/c1-3-8(11)5-12-6-9-4-7(2)10-13-9/h8-9,11H,3-6H2,1-2H3. The number of rotatable bonds is 5. The zero-order valence-electron chi connectivity index (χ0n) is 8.19. The van der Waals surface area contributed by atoms with Gasteiger partial charge in [0, 0.05) is 6.42 Å². The molecule has 76 valence electrons. The van der Waals surface area contributed by atoms with E-state index < -0.39 is 0 Å². The summed E-state index contributed by atoms with van der Waals surface area (Å²) in [6.07, 6.45) is 1.25. The molecule has 0 bridgehead atoms. The molecule has 4 heteroatoms. The molecule has 4 nitrogen and oxygen atoms in total. The lowest BCUT2D eigenvalue weighted by molar-refractivity contribution is -0.0263. The lowest BCUT2D eigenvalue weighted by Crippen LogP contribution is -2.21. The minimum absolute atomic E-state index is 0.0454. The molecule has 0 saturated heterocycles. The summed E-state index contributed by atoms with van der Waals surface area (Å²) in [7, 11) is 0. The number of ether oxygens (including phenoxy) is 1. The molecule has 0 aromatic carbocycles. The van der Waals surface area contributed by atoms with E-state index >= 15 is 0 Å². The van der Waals surface area contributed by atoms with Crippen molar-refractivity contribution in [2.75, 3.05) is 13.2 Å². The number of oxime groups is 1. The van der Waals surface area contributed by atoms with E-state index in [1.54, 1.807) is 0 Å². The number of nitrogens with zero attached hydrogens (tertiary/aromatic N) is 1. The molecule has 1 aliphatic rings. The van der Waals surface area contributed by atoms with Crippen LogP contribution in [0.15, 0.2) is 5.16 Å². The number of hydrogen-bond donors (Lipinski definition) is 1. The lowest BCUT2D eigenvalue weighted by Gasteiger charge is -2.11. The van der Waals surface area contributed by atoms with E-state index in [9.17, 15) is 5.11 Å². The Morgan fingerprint density at radius 1 is 1.77 bits per heavy atom. The molecule has 0 spiro atoms. The zero-order valence-corrected chi connectivity index (χ0v) is 8.19. The highest BCUT2D eigenvalue weighted by molar-refractivity contribution is 5.82. The van der Waals surface area contributed by atoms with Crippen molar-refractivity contribution in [2.45, 2.75) is 38.9 Å². The fourth-order valence-electron chi connectivity index (χ4n) is 1.11. The number of aliphatic hydroxyl groups excluding tert-OH is 1. The van der Waals surface area contributed by atoms with E-state index in [1.807, 2.05) is 13.8 Å². The van der Waals surface area contributed by atoms with Gasteiger partial charge in [-0.05, 0) is 13.3 Å². The van der Waals surface area contributed by atoms with E-state index in [1.165, 1.54) is 0 Å². The predicted octanol–water partition coefficient (Wildman–Crippen LogP) is 0.939. The monoisotopic (exact) mass is 187 g/mol. The van der Waals surface area contributed by atoms with Crippen LogP contribution in [0.1, 0.15) is 26.7 Å². The topological polar surface area (TPSA) is 51.0 Å². The molecular formula is C9H17NO3. The summed E-state index contributed by atoms with van der Waals surface area (Å²) in [5, 5.41) is 13.0. The normalized spacial score (nSPS) is 23.9. The minimum Gasteiger partial charge on any atom is -0.391 e. The third-order valence-electron chi connectivity index (χ3n) is 1.97. The van der Waals surface area contributed by atoms with Crippen LogP contribution < -0.4 is 0 Å². The first-order valence-corrected chi connectivity index (χ1v) is 4.67. The largest absolute Gasteiger partial charge is 0.391 e. The molecule has 0 aliphatic carbocycles. The van der Waals surface area contributed by atoms with E-state index in [0.717, 1.165) is 18.6 Å². The van der Waals surface area contributed by atoms with Crippen LogP contribution in [0.5, 0.6) is 0 Å². The molecular weight excluding hydrogens is 170 g/mol. The van der Waals surface area contributed by atoms with E-state index in [2.05, 4.69) is 5.16 Å². The lowest BCUT2D eigenvalue weighted by atomic mass is 10.2. The van der Waals surface area contributed by atoms with Crippen LogP contribution in [0.25, 0.3) is 0 Å². The fraction of sp³-hybridized carbons (Fsp3) is 0.889. The Hall–Kier alpha value is -0.610. The maximum absolute atomic E-state index is 9.19. The van der Waals surface area contributed by atoms with Crippen LogP contribution >= 0.6 is 0 Å². The maximum atomic E-state index is 9.19. The highest BCUT2D eigenvalue weighted by Crippen LogP contribution is 2.10. The molecule has 1 rings (SSSR count). The molecule has 0 aromatic rings. The van der Waals surface area contributed by atoms with Gasteiger partial charge in [0.05, 0.1) is 25.0 Å². The molecule has 1 heterocycles. The van der Waals surface area contributed by atoms with Crippen LogP contribution in [-0.4, -0.2) is 36.2 Å². The van der Waals surface area contributed by atoms with Crippen LogP contribution in [0.3, 0.4) is 0 Å². The fourth-order valence-corrected chi connectivity index (χ4v) is 1.11. The first kappa shape index (κ1) is 10.5. The molecule has 0 amide bonds. The van der Waals surface area contributed by atoms with Gasteiger partial charge in [0.1, 0.15) is 0 Å². The Labute approximate surface area is 78.5 Å². The summed E-state index contributed by atoms with van der Waals surface area (Å²) >= 11 is 0. The number of aliphatic hydroxyl groups is 1. The number of hydrogen-bond acceptors (Lipinski definition) is 4. The zero-order chi connectivity index (χ0) is 9.68. The maximum Gasteiger partial charge on any atom is 0.156 e. The third kappa shape index (κ3) is 3.74. The highest BCUT2D eigenvalue weighted by Gasteiger charge is 2.18. The minimum atomic E-state index is -0.358. The predicted molar refractivity (Wildman–Crippen MR) is 49.7 cm³/mol. The second-order valence-electron chi connectivity index (χ2n) is 3.36. The molecule has 1 aliphatic heterocycles. The Kier molecular flexibility index (Phi) is 4.18. The van der Waals surface area contributed by atoms with Gasteiger partial charge in [-0.2, -0.15) is 0 Å². The van der Waals surface area contributed by atoms with Gasteiger partial charge < -0.3 is 14.7 Å². The average Bonchev–Trinajstić information content (AvgIpc) is 2.51. The van der Waals surface area contributed by atoms with Gasteiger partial charge in [-0.1, -0.05) is 12.1 Å². The molecule has 0 aromatic heterocycles. The first-order valence-electron chi connectivity index (χ1n) is 4.67. The first-order chi connectivity index (χ1) is 6.22. The molecule has 13 heavy (non-hydrogen) atoms. The van der Waals surface area contributed by atoms with Crippen molar-refractivity contribution in [2.24, 2.45) is 5.16 Å². The van der Waals surface area contributed by atoms with Crippen molar-refractivity contribution in [1.82, 2.24) is 0 Å². The van der Waals surface area contributed by atoms with Crippen LogP contribution in [0.2, 0.25) is 0 Å². The molecule has 2 unspecified atom stereocenters. The second-order valence-corrected chi connectivity index (χ2v) is 3.36. The van der Waals surface area contributed by atoms with Crippen LogP contribution in [0.4, 0.5) is 0 Å². The Morgan fingerprint density at radius 2 is 2.54 bits per heavy atom. The van der Waals surface area contributed by atoms with E-state index in [0.29, 0.717) is 13.2 Å². The summed E-state index contributed by atoms with van der Waals surface area (Å²) < 4.78 is 5.27. The Bertz CT molecular complexity index is 182. The van der Waals surface area contributed by atoms with Gasteiger partial charge in [-0.15, -0.1) is 0 Å². The SMILES string of the molecule is CCC(O)COCC1CC(C)=NO1. The molecule has 0 saturated carbocycles. The van der Waals surface area contributed by atoms with E-state index in [4.69, 9.17) is 9.57 Å². The van der Waals surface area contributed by atoms with Gasteiger partial charge >= 0.3 is 0 Å². The summed E-state index contributed by atoms with van der Waals surface area (Å²) in [5.41, 5.74) is 1.00. The van der Waals surface area contributed by atoms with Gasteiger partial charge in [0.15, 0.2) is 6.10 Å². The van der Waals surface area contributed by atoms with Crippen LogP contribution in [-0.2, 0) is 9.57 Å². The average molecular weight is 187 g/mol. The quantitative estimate of drug-likeness (QED) is 0.696. The van der Waals surface area contributed by atoms with Gasteiger partial charge in [-0.25, -0.2) is 0 Å². The summed E-state index contributed by atoms with van der Waals surface area (Å²) in [5.74, 6) is 0. The van der Waals surface area contributed by atoms with Crippen molar-refractivity contribution in [3.05, 3.63) is 0 Å². The summed E-state index contributed by atoms with van der Waals surface area (Å²) in [6.45, 7) is 4.75. The van der Waals surface area contributed by atoms with Gasteiger partial charge in [0.2, 0.25) is 0 Å². The molecule has 1 N–H and O–H groups in total. The summed E-state index contributed by atoms with van der Waals surface area (Å²) in [6, 6.07) is 0. The van der Waals surface area contributed by atoms with Gasteiger partial charge in [0.25, 0.3) is 0 Å². The highest BCUT2D eigenvalue weighted by atomic mass is 16.7. The summed E-state index contributed by atoms with van der Waals surface area (Å²) in [4.78, 5) is 5.06. The van der Waals surface area contributed by atoms with Gasteiger partial charge in [-0.3, -0.25) is 0 Å². The Balaban J connectivity index is 2.01.